The number of carboxylic acid groups (broad SMARTS) is 1. The third kappa shape index (κ3) is 3.10. The average Bonchev–Trinajstić information content (AvgIpc) is 2.32. The van der Waals surface area contributed by atoms with E-state index in [9.17, 15) is 9.59 Å². The van der Waals surface area contributed by atoms with Gasteiger partial charge in [-0.1, -0.05) is 18.2 Å². The van der Waals surface area contributed by atoms with Gasteiger partial charge >= 0.3 is 5.97 Å². The van der Waals surface area contributed by atoms with Gasteiger partial charge in [0.1, 0.15) is 5.54 Å². The van der Waals surface area contributed by atoms with Crippen molar-refractivity contribution in [2.24, 2.45) is 0 Å². The van der Waals surface area contributed by atoms with E-state index in [1.807, 2.05) is 31.2 Å². The predicted octanol–water partition coefficient (Wildman–Crippen LogP) is 2.21. The Morgan fingerprint density at radius 1 is 1.37 bits per heavy atom. The maximum absolute atomic E-state index is 11.8. The van der Waals surface area contributed by atoms with Crippen LogP contribution >= 0.6 is 11.8 Å². The van der Waals surface area contributed by atoms with Gasteiger partial charge < -0.3 is 10.4 Å². The number of thioether (sulfide) groups is 1. The average molecular weight is 279 g/mol. The Hall–Kier alpha value is -1.49. The molecule has 19 heavy (non-hydrogen) atoms. The van der Waals surface area contributed by atoms with Crippen molar-refractivity contribution in [3.05, 3.63) is 29.8 Å². The van der Waals surface area contributed by atoms with Crippen molar-refractivity contribution in [2.75, 3.05) is 5.75 Å². The molecular formula is C14H17NO3S. The fraction of sp³-hybridized carbons (Fsp3) is 0.429. The van der Waals surface area contributed by atoms with Crippen molar-refractivity contribution in [3.63, 3.8) is 0 Å². The normalized spacial score (nSPS) is 16.5. The summed E-state index contributed by atoms with van der Waals surface area (Å²) in [6.07, 6.45) is 1.92. The Labute approximate surface area is 116 Å². The summed E-state index contributed by atoms with van der Waals surface area (Å²) >= 11 is 1.44. The van der Waals surface area contributed by atoms with Crippen LogP contribution in [-0.2, 0) is 9.59 Å². The van der Waals surface area contributed by atoms with Crippen LogP contribution in [0.25, 0.3) is 0 Å². The molecule has 1 amide bonds. The molecular weight excluding hydrogens is 262 g/mol. The molecule has 1 aliphatic carbocycles. The molecule has 5 heteroatoms. The summed E-state index contributed by atoms with van der Waals surface area (Å²) < 4.78 is 0. The van der Waals surface area contributed by atoms with Gasteiger partial charge in [-0.15, -0.1) is 11.8 Å². The maximum Gasteiger partial charge on any atom is 0.329 e. The van der Waals surface area contributed by atoms with E-state index in [1.54, 1.807) is 0 Å². The molecule has 0 saturated heterocycles. The minimum atomic E-state index is -1.01. The third-order valence-corrected chi connectivity index (χ3v) is 4.62. The van der Waals surface area contributed by atoms with Crippen LogP contribution in [0.4, 0.5) is 0 Å². The van der Waals surface area contributed by atoms with E-state index in [0.29, 0.717) is 12.8 Å². The molecule has 0 heterocycles. The topological polar surface area (TPSA) is 66.4 Å². The number of nitrogens with one attached hydrogen (secondary N) is 1. The van der Waals surface area contributed by atoms with E-state index in [2.05, 4.69) is 5.32 Å². The second-order valence-electron chi connectivity index (χ2n) is 4.84. The number of carbonyl (C=O) groups is 2. The lowest BCUT2D eigenvalue weighted by molar-refractivity contribution is -0.151. The first-order chi connectivity index (χ1) is 9.03. The quantitative estimate of drug-likeness (QED) is 0.811. The lowest BCUT2D eigenvalue weighted by atomic mass is 9.77. The van der Waals surface area contributed by atoms with Gasteiger partial charge in [-0.3, -0.25) is 4.79 Å². The minimum Gasteiger partial charge on any atom is -0.480 e. The van der Waals surface area contributed by atoms with E-state index in [1.165, 1.54) is 11.8 Å². The molecule has 0 atom stereocenters. The molecule has 2 rings (SSSR count). The van der Waals surface area contributed by atoms with E-state index >= 15 is 0 Å². The van der Waals surface area contributed by atoms with Crippen molar-refractivity contribution in [2.45, 2.75) is 36.6 Å². The zero-order valence-corrected chi connectivity index (χ0v) is 11.6. The first kappa shape index (κ1) is 13.9. The van der Waals surface area contributed by atoms with Crippen LogP contribution in [0.5, 0.6) is 0 Å². The second-order valence-corrected chi connectivity index (χ2v) is 5.86. The fourth-order valence-electron chi connectivity index (χ4n) is 2.09. The molecule has 1 aromatic rings. The molecule has 0 radical (unpaired) electrons. The van der Waals surface area contributed by atoms with Crippen LogP contribution in [0.2, 0.25) is 0 Å². The Balaban J connectivity index is 1.89. The summed E-state index contributed by atoms with van der Waals surface area (Å²) in [7, 11) is 0. The number of carboxylic acids is 1. The molecule has 0 bridgehead atoms. The van der Waals surface area contributed by atoms with Gasteiger partial charge in [-0.05, 0) is 37.8 Å². The van der Waals surface area contributed by atoms with Gasteiger partial charge in [0.2, 0.25) is 5.91 Å². The second kappa shape index (κ2) is 5.65. The maximum atomic E-state index is 11.8. The van der Waals surface area contributed by atoms with Crippen LogP contribution in [0, 0.1) is 6.92 Å². The van der Waals surface area contributed by atoms with Crippen LogP contribution in [-0.4, -0.2) is 28.3 Å². The molecule has 0 aromatic heterocycles. The number of carbonyl (C=O) groups excluding carboxylic acids is 1. The van der Waals surface area contributed by atoms with E-state index < -0.39 is 11.5 Å². The third-order valence-electron chi connectivity index (χ3n) is 3.45. The van der Waals surface area contributed by atoms with Crippen molar-refractivity contribution < 1.29 is 14.7 Å². The summed E-state index contributed by atoms with van der Waals surface area (Å²) in [5, 5.41) is 11.8. The lowest BCUT2D eigenvalue weighted by Crippen LogP contribution is -2.59. The molecule has 0 unspecified atom stereocenters. The van der Waals surface area contributed by atoms with Crippen molar-refractivity contribution >= 4 is 23.6 Å². The molecule has 1 aliphatic rings. The minimum absolute atomic E-state index is 0.213. The summed E-state index contributed by atoms with van der Waals surface area (Å²) in [5.41, 5.74) is 0.112. The summed E-state index contributed by atoms with van der Waals surface area (Å²) in [6.45, 7) is 1.99. The van der Waals surface area contributed by atoms with Crippen LogP contribution in [0.3, 0.4) is 0 Å². The molecule has 1 fully saturated rings. The van der Waals surface area contributed by atoms with E-state index in [-0.39, 0.29) is 11.7 Å². The Morgan fingerprint density at radius 3 is 2.58 bits per heavy atom. The Bertz CT molecular complexity index is 497. The number of hydrogen-bond acceptors (Lipinski definition) is 3. The van der Waals surface area contributed by atoms with E-state index in [4.69, 9.17) is 5.11 Å². The van der Waals surface area contributed by atoms with Crippen molar-refractivity contribution in [3.8, 4) is 0 Å². The highest BCUT2D eigenvalue weighted by molar-refractivity contribution is 8.00. The molecule has 4 nitrogen and oxygen atoms in total. The Kier molecular flexibility index (Phi) is 4.14. The van der Waals surface area contributed by atoms with Gasteiger partial charge in [0.25, 0.3) is 0 Å². The summed E-state index contributed by atoms with van der Waals surface area (Å²) in [6, 6.07) is 7.83. The van der Waals surface area contributed by atoms with Crippen LogP contribution in [0.1, 0.15) is 24.8 Å². The van der Waals surface area contributed by atoms with Crippen LogP contribution in [0.15, 0.2) is 29.2 Å². The number of aryl methyl sites for hydroxylation is 1. The Morgan fingerprint density at radius 2 is 2.05 bits per heavy atom. The number of aliphatic carboxylic acids is 1. The predicted molar refractivity (Wildman–Crippen MR) is 74.3 cm³/mol. The smallest absolute Gasteiger partial charge is 0.329 e. The standard InChI is InChI=1S/C14H17NO3S/c1-10-5-2-3-6-11(10)19-9-12(16)15-14(13(17)18)7-4-8-14/h2-3,5-6H,4,7-9H2,1H3,(H,15,16)(H,17,18). The SMILES string of the molecule is Cc1ccccc1SCC(=O)NC1(C(=O)O)CCC1. The van der Waals surface area contributed by atoms with Gasteiger partial charge in [0.05, 0.1) is 5.75 Å². The number of amides is 1. The molecule has 0 spiro atoms. The number of rotatable bonds is 5. The van der Waals surface area contributed by atoms with Gasteiger partial charge in [-0.2, -0.15) is 0 Å². The molecule has 2 N–H and O–H groups in total. The molecule has 0 aliphatic heterocycles. The van der Waals surface area contributed by atoms with E-state index in [0.717, 1.165) is 16.9 Å². The zero-order valence-electron chi connectivity index (χ0n) is 10.8. The first-order valence-electron chi connectivity index (χ1n) is 6.26. The highest BCUT2D eigenvalue weighted by atomic mass is 32.2. The van der Waals surface area contributed by atoms with Gasteiger partial charge in [0.15, 0.2) is 0 Å². The van der Waals surface area contributed by atoms with Crippen LogP contribution < -0.4 is 5.32 Å². The molecule has 102 valence electrons. The molecule has 1 aromatic carbocycles. The fourth-order valence-corrected chi connectivity index (χ4v) is 2.92. The number of benzene rings is 1. The lowest BCUT2D eigenvalue weighted by Gasteiger charge is -2.38. The zero-order chi connectivity index (χ0) is 13.9. The monoisotopic (exact) mass is 279 g/mol. The summed E-state index contributed by atoms with van der Waals surface area (Å²) in [4.78, 5) is 24.0. The highest BCUT2D eigenvalue weighted by Crippen LogP contribution is 2.32. The van der Waals surface area contributed by atoms with Gasteiger partial charge in [0, 0.05) is 4.90 Å². The first-order valence-corrected chi connectivity index (χ1v) is 7.25. The van der Waals surface area contributed by atoms with Crippen molar-refractivity contribution in [1.29, 1.82) is 0 Å². The number of hydrogen-bond donors (Lipinski definition) is 2. The summed E-state index contributed by atoms with van der Waals surface area (Å²) in [5.74, 6) is -0.886. The van der Waals surface area contributed by atoms with Crippen molar-refractivity contribution in [1.82, 2.24) is 5.32 Å². The van der Waals surface area contributed by atoms with Gasteiger partial charge in [-0.25, -0.2) is 4.79 Å². The highest BCUT2D eigenvalue weighted by Gasteiger charge is 2.45. The largest absolute Gasteiger partial charge is 0.480 e. The molecule has 1 saturated carbocycles.